The molecule has 1 atom stereocenters. The van der Waals surface area contributed by atoms with Gasteiger partial charge in [-0.3, -0.25) is 0 Å². The second kappa shape index (κ2) is 13.0. The van der Waals surface area contributed by atoms with Gasteiger partial charge in [0.1, 0.15) is 24.2 Å². The summed E-state index contributed by atoms with van der Waals surface area (Å²) < 4.78 is 27.2. The summed E-state index contributed by atoms with van der Waals surface area (Å²) in [5, 5.41) is 9.48. The van der Waals surface area contributed by atoms with Gasteiger partial charge in [0.2, 0.25) is 11.1 Å². The third-order valence-electron chi connectivity index (χ3n) is 6.45. The van der Waals surface area contributed by atoms with Crippen LogP contribution >= 0.6 is 35.0 Å². The summed E-state index contributed by atoms with van der Waals surface area (Å²) in [6.07, 6.45) is 0.700. The molecular formula is C30H27Cl2FN4O3S. The van der Waals surface area contributed by atoms with Crippen LogP contribution in [0.3, 0.4) is 0 Å². The molecule has 0 saturated carbocycles. The van der Waals surface area contributed by atoms with Crippen LogP contribution in [0.25, 0.3) is 0 Å². The average molecular weight is 614 g/mol. The zero-order valence-electron chi connectivity index (χ0n) is 22.4. The van der Waals surface area contributed by atoms with Crippen LogP contribution in [0.1, 0.15) is 43.0 Å². The molecule has 4 aromatic rings. The van der Waals surface area contributed by atoms with E-state index in [4.69, 9.17) is 37.8 Å². The van der Waals surface area contributed by atoms with Crippen molar-refractivity contribution in [1.82, 2.24) is 14.8 Å². The van der Waals surface area contributed by atoms with Crippen molar-refractivity contribution in [1.29, 1.82) is 0 Å². The minimum atomic E-state index is -0.590. The monoisotopic (exact) mass is 612 g/mol. The molecule has 11 heteroatoms. The number of benzene rings is 3. The predicted molar refractivity (Wildman–Crippen MR) is 159 cm³/mol. The zero-order chi connectivity index (χ0) is 28.9. The molecule has 0 amide bonds. The lowest BCUT2D eigenvalue weighted by molar-refractivity contribution is -0.139. The molecule has 1 unspecified atom stereocenters. The van der Waals surface area contributed by atoms with Crippen molar-refractivity contribution in [2.45, 2.75) is 43.8 Å². The number of carbonyl (C=O) groups is 1. The lowest BCUT2D eigenvalue weighted by Crippen LogP contribution is -2.29. The molecule has 0 aliphatic carbocycles. The molecule has 7 nitrogen and oxygen atoms in total. The van der Waals surface area contributed by atoms with Crippen molar-refractivity contribution in [3.8, 4) is 5.75 Å². The van der Waals surface area contributed by atoms with Crippen molar-refractivity contribution in [3.63, 3.8) is 0 Å². The summed E-state index contributed by atoms with van der Waals surface area (Å²) >= 11 is 13.9. The molecule has 0 spiro atoms. The molecule has 0 radical (unpaired) electrons. The number of rotatable bonds is 10. The van der Waals surface area contributed by atoms with Gasteiger partial charge in [0, 0.05) is 22.0 Å². The van der Waals surface area contributed by atoms with Crippen LogP contribution in [0.2, 0.25) is 10.0 Å². The minimum Gasteiger partial charge on any atom is -0.489 e. The van der Waals surface area contributed by atoms with Crippen LogP contribution in [0.15, 0.2) is 83.2 Å². The summed E-state index contributed by atoms with van der Waals surface area (Å²) in [7, 11) is 0. The van der Waals surface area contributed by atoms with Gasteiger partial charge in [0.05, 0.1) is 17.2 Å². The highest BCUT2D eigenvalue weighted by Crippen LogP contribution is 2.38. The van der Waals surface area contributed by atoms with Gasteiger partial charge in [-0.25, -0.2) is 13.9 Å². The highest BCUT2D eigenvalue weighted by molar-refractivity contribution is 7.98. The Bertz CT molecular complexity index is 1570. The number of nitrogens with one attached hydrogen (secondary N) is 1. The van der Waals surface area contributed by atoms with E-state index < -0.39 is 17.8 Å². The van der Waals surface area contributed by atoms with Gasteiger partial charge in [0.15, 0.2) is 0 Å². The number of esters is 1. The lowest BCUT2D eigenvalue weighted by Gasteiger charge is -2.28. The third kappa shape index (κ3) is 6.53. The normalized spacial score (nSPS) is 14.4. The maximum absolute atomic E-state index is 14.2. The summed E-state index contributed by atoms with van der Waals surface area (Å²) in [5.41, 5.74) is 3.10. The van der Waals surface area contributed by atoms with Gasteiger partial charge in [-0.15, -0.1) is 5.10 Å². The first kappa shape index (κ1) is 29.0. The van der Waals surface area contributed by atoms with E-state index in [9.17, 15) is 9.18 Å². The number of ether oxygens (including phenoxy) is 2. The molecule has 41 heavy (non-hydrogen) atoms. The Kier molecular flexibility index (Phi) is 9.17. The maximum atomic E-state index is 14.2. The Balaban J connectivity index is 1.42. The van der Waals surface area contributed by atoms with E-state index in [1.54, 1.807) is 28.9 Å². The van der Waals surface area contributed by atoms with Crippen molar-refractivity contribution in [3.05, 3.63) is 111 Å². The smallest absolute Gasteiger partial charge is 0.338 e. The Labute approximate surface area is 251 Å². The number of halogens is 3. The molecule has 5 rings (SSSR count). The molecule has 0 fully saturated rings. The number of thioether (sulfide) groups is 1. The molecular weight excluding hydrogens is 586 g/mol. The number of anilines is 1. The molecule has 1 aliphatic rings. The molecule has 0 bridgehead atoms. The standard InChI is InChI=1S/C30H27Cl2FN4O3S/c1-3-15-39-28(38)26-18(2)34-29-35-30(41-17-20-7-4-5-8-23(20)31)36-37(29)27(26)19-11-13-21(14-12-19)40-16-22-24(32)9-6-10-25(22)33/h4-14,27H,3,15-17H2,1-2H3,(H,34,35,36). The zero-order valence-corrected chi connectivity index (χ0v) is 24.7. The fraction of sp³-hybridized carbons (Fsp3) is 0.233. The molecule has 3 aromatic carbocycles. The number of hydrogen-bond donors (Lipinski definition) is 1. The largest absolute Gasteiger partial charge is 0.489 e. The first-order valence-electron chi connectivity index (χ1n) is 13.0. The quantitative estimate of drug-likeness (QED) is 0.144. The highest BCUT2D eigenvalue weighted by Gasteiger charge is 2.35. The Morgan fingerprint density at radius 1 is 1.07 bits per heavy atom. The fourth-order valence-corrected chi connectivity index (χ4v) is 5.70. The highest BCUT2D eigenvalue weighted by atomic mass is 35.5. The van der Waals surface area contributed by atoms with Crippen LogP contribution < -0.4 is 10.1 Å². The average Bonchev–Trinajstić information content (AvgIpc) is 3.37. The van der Waals surface area contributed by atoms with E-state index in [1.165, 1.54) is 17.8 Å². The summed E-state index contributed by atoms with van der Waals surface area (Å²) in [6, 6.07) is 18.8. The van der Waals surface area contributed by atoms with Crippen molar-refractivity contribution in [2.24, 2.45) is 0 Å². The van der Waals surface area contributed by atoms with Crippen molar-refractivity contribution in [2.75, 3.05) is 11.9 Å². The predicted octanol–water partition coefficient (Wildman–Crippen LogP) is 7.84. The molecule has 212 valence electrons. The van der Waals surface area contributed by atoms with Gasteiger partial charge < -0.3 is 14.8 Å². The van der Waals surface area contributed by atoms with Crippen LogP contribution in [0.5, 0.6) is 5.75 Å². The van der Waals surface area contributed by atoms with Crippen molar-refractivity contribution >= 4 is 46.9 Å². The minimum absolute atomic E-state index is 0.0228. The number of hydrogen-bond acceptors (Lipinski definition) is 7. The molecule has 2 heterocycles. The summed E-state index contributed by atoms with van der Waals surface area (Å²) in [5.74, 6) is 0.761. The van der Waals surface area contributed by atoms with Gasteiger partial charge in [-0.1, -0.05) is 78.3 Å². The molecule has 1 N–H and O–H groups in total. The van der Waals surface area contributed by atoms with Crippen LogP contribution in [-0.4, -0.2) is 27.3 Å². The topological polar surface area (TPSA) is 78.3 Å². The first-order valence-corrected chi connectivity index (χ1v) is 14.7. The summed E-state index contributed by atoms with van der Waals surface area (Å²) in [6.45, 7) is 4.04. The van der Waals surface area contributed by atoms with Crippen LogP contribution in [-0.2, 0) is 21.9 Å². The van der Waals surface area contributed by atoms with E-state index in [0.29, 0.717) is 57.0 Å². The van der Waals surface area contributed by atoms with E-state index in [1.807, 2.05) is 50.2 Å². The second-order valence-electron chi connectivity index (χ2n) is 9.30. The fourth-order valence-electron chi connectivity index (χ4n) is 4.37. The number of aromatic nitrogens is 3. The summed E-state index contributed by atoms with van der Waals surface area (Å²) in [4.78, 5) is 17.9. The number of fused-ring (bicyclic) bond motifs is 1. The van der Waals surface area contributed by atoms with Crippen molar-refractivity contribution < 1.29 is 18.7 Å². The van der Waals surface area contributed by atoms with Gasteiger partial charge in [-0.2, -0.15) is 4.98 Å². The molecule has 1 aliphatic heterocycles. The van der Waals surface area contributed by atoms with E-state index in [0.717, 1.165) is 11.1 Å². The molecule has 1 aromatic heterocycles. The number of allylic oxidation sites excluding steroid dienone is 1. The van der Waals surface area contributed by atoms with E-state index in [2.05, 4.69) is 10.3 Å². The van der Waals surface area contributed by atoms with Crippen LogP contribution in [0, 0.1) is 5.82 Å². The third-order valence-corrected chi connectivity index (χ3v) is 8.05. The molecule has 0 saturated heterocycles. The van der Waals surface area contributed by atoms with E-state index >= 15 is 0 Å². The Hall–Kier alpha value is -3.53. The number of nitrogens with zero attached hydrogens (tertiary/aromatic N) is 3. The second-order valence-corrected chi connectivity index (χ2v) is 11.1. The van der Waals surface area contributed by atoms with Crippen LogP contribution in [0.4, 0.5) is 10.3 Å². The number of carbonyl (C=O) groups excluding carboxylic acids is 1. The van der Waals surface area contributed by atoms with Gasteiger partial charge >= 0.3 is 5.97 Å². The first-order chi connectivity index (χ1) is 19.9. The Morgan fingerprint density at radius 2 is 1.83 bits per heavy atom. The maximum Gasteiger partial charge on any atom is 0.338 e. The van der Waals surface area contributed by atoms with E-state index in [-0.39, 0.29) is 12.2 Å². The van der Waals surface area contributed by atoms with Gasteiger partial charge in [-0.05, 0) is 54.8 Å². The van der Waals surface area contributed by atoms with Gasteiger partial charge in [0.25, 0.3) is 0 Å². The lowest BCUT2D eigenvalue weighted by atomic mass is 9.96. The SMILES string of the molecule is CCCOC(=O)C1=C(C)Nc2nc(SCc3ccccc3Cl)nn2C1c1ccc(OCc2c(F)cccc2Cl)cc1. The Morgan fingerprint density at radius 3 is 2.56 bits per heavy atom.